The Kier molecular flexibility index (Phi) is 4.08. The van der Waals surface area contributed by atoms with Gasteiger partial charge in [0.2, 0.25) is 0 Å². The van der Waals surface area contributed by atoms with E-state index in [9.17, 15) is 4.39 Å². The SMILES string of the molecule is CC(Nc1ncnc2ccc(-c3ccc(F)cc3)cc12)c1cn(C)cn1. The summed E-state index contributed by atoms with van der Waals surface area (Å²) in [6, 6.07) is 12.4. The van der Waals surface area contributed by atoms with Gasteiger partial charge in [0.15, 0.2) is 0 Å². The lowest BCUT2D eigenvalue weighted by atomic mass is 10.0. The highest BCUT2D eigenvalue weighted by Gasteiger charge is 2.12. The molecule has 0 aliphatic carbocycles. The topological polar surface area (TPSA) is 55.6 Å². The molecule has 0 amide bonds. The molecule has 1 atom stereocenters. The third kappa shape index (κ3) is 3.13. The van der Waals surface area contributed by atoms with Crippen LogP contribution in [0.1, 0.15) is 18.7 Å². The summed E-state index contributed by atoms with van der Waals surface area (Å²) in [5.41, 5.74) is 3.72. The van der Waals surface area contributed by atoms with Crippen LogP contribution in [0, 0.1) is 5.82 Å². The molecule has 4 aromatic rings. The van der Waals surface area contributed by atoms with E-state index in [4.69, 9.17) is 0 Å². The van der Waals surface area contributed by atoms with Crippen molar-refractivity contribution in [1.82, 2.24) is 19.5 Å². The summed E-state index contributed by atoms with van der Waals surface area (Å²) >= 11 is 0. The molecule has 0 saturated heterocycles. The maximum atomic E-state index is 13.2. The molecule has 5 nitrogen and oxygen atoms in total. The van der Waals surface area contributed by atoms with Crippen LogP contribution in [0.4, 0.5) is 10.2 Å². The van der Waals surface area contributed by atoms with Crippen molar-refractivity contribution in [3.63, 3.8) is 0 Å². The van der Waals surface area contributed by atoms with Gasteiger partial charge in [-0.15, -0.1) is 0 Å². The average Bonchev–Trinajstić information content (AvgIpc) is 3.09. The molecule has 1 unspecified atom stereocenters. The number of nitrogens with one attached hydrogen (secondary N) is 1. The molecule has 0 aliphatic rings. The summed E-state index contributed by atoms with van der Waals surface area (Å²) in [6.07, 6.45) is 5.30. The summed E-state index contributed by atoms with van der Waals surface area (Å²) < 4.78 is 15.1. The Bertz CT molecular complexity index is 1060. The van der Waals surface area contributed by atoms with E-state index < -0.39 is 0 Å². The minimum Gasteiger partial charge on any atom is -0.361 e. The quantitative estimate of drug-likeness (QED) is 0.596. The van der Waals surface area contributed by atoms with Crippen LogP contribution in [0.25, 0.3) is 22.0 Å². The van der Waals surface area contributed by atoms with Gasteiger partial charge in [-0.05, 0) is 42.3 Å². The van der Waals surface area contributed by atoms with Crippen LogP contribution in [-0.4, -0.2) is 19.5 Å². The zero-order valence-corrected chi connectivity index (χ0v) is 14.5. The van der Waals surface area contributed by atoms with Crippen molar-refractivity contribution in [2.24, 2.45) is 7.05 Å². The van der Waals surface area contributed by atoms with E-state index in [0.717, 1.165) is 33.5 Å². The van der Waals surface area contributed by atoms with E-state index in [0.29, 0.717) is 0 Å². The van der Waals surface area contributed by atoms with Gasteiger partial charge in [-0.2, -0.15) is 0 Å². The lowest BCUT2D eigenvalue weighted by Crippen LogP contribution is -2.09. The second-order valence-corrected chi connectivity index (χ2v) is 6.29. The number of aromatic nitrogens is 4. The molecule has 130 valence electrons. The van der Waals surface area contributed by atoms with Gasteiger partial charge in [-0.1, -0.05) is 18.2 Å². The van der Waals surface area contributed by atoms with Crippen LogP contribution < -0.4 is 5.32 Å². The Morgan fingerprint density at radius 1 is 1.00 bits per heavy atom. The second-order valence-electron chi connectivity index (χ2n) is 6.29. The lowest BCUT2D eigenvalue weighted by molar-refractivity contribution is 0.628. The Hall–Kier alpha value is -3.28. The predicted molar refractivity (Wildman–Crippen MR) is 100 cm³/mol. The number of imidazole rings is 1. The molecule has 0 spiro atoms. The zero-order chi connectivity index (χ0) is 18.1. The third-order valence-corrected chi connectivity index (χ3v) is 4.33. The summed E-state index contributed by atoms with van der Waals surface area (Å²) in [4.78, 5) is 13.1. The first-order chi connectivity index (χ1) is 12.6. The van der Waals surface area contributed by atoms with Crippen molar-refractivity contribution in [3.05, 3.63) is 72.8 Å². The number of aryl methyl sites for hydroxylation is 1. The van der Waals surface area contributed by atoms with Gasteiger partial charge in [0.05, 0.1) is 23.6 Å². The number of anilines is 1. The molecular formula is C20H18FN5. The van der Waals surface area contributed by atoms with Crippen LogP contribution in [0.5, 0.6) is 0 Å². The summed E-state index contributed by atoms with van der Waals surface area (Å²) in [7, 11) is 1.94. The monoisotopic (exact) mass is 347 g/mol. The minimum atomic E-state index is -0.246. The molecule has 1 N–H and O–H groups in total. The van der Waals surface area contributed by atoms with Crippen LogP contribution in [0.2, 0.25) is 0 Å². The number of hydrogen-bond acceptors (Lipinski definition) is 4. The fourth-order valence-corrected chi connectivity index (χ4v) is 2.93. The van der Waals surface area contributed by atoms with E-state index in [1.54, 1.807) is 24.8 Å². The number of benzene rings is 2. The molecule has 26 heavy (non-hydrogen) atoms. The highest BCUT2D eigenvalue weighted by molar-refractivity contribution is 5.92. The van der Waals surface area contributed by atoms with Crippen LogP contribution in [0.15, 0.2) is 61.3 Å². The standard InChI is InChI=1S/C20H18FN5/c1-13(19-10-26(2)12-24-19)25-20-17-9-15(5-8-18(17)22-11-23-20)14-3-6-16(21)7-4-14/h3-13H,1-2H3,(H,22,23,25). The Balaban J connectivity index is 1.72. The van der Waals surface area contributed by atoms with E-state index in [2.05, 4.69) is 20.3 Å². The number of fused-ring (bicyclic) bond motifs is 1. The van der Waals surface area contributed by atoms with Gasteiger partial charge >= 0.3 is 0 Å². The summed E-state index contributed by atoms with van der Waals surface area (Å²) in [5.74, 6) is 0.501. The zero-order valence-electron chi connectivity index (χ0n) is 14.5. The molecule has 4 rings (SSSR count). The minimum absolute atomic E-state index is 0.00350. The maximum Gasteiger partial charge on any atom is 0.137 e. The van der Waals surface area contributed by atoms with E-state index in [1.807, 2.05) is 42.9 Å². The molecule has 0 bridgehead atoms. The maximum absolute atomic E-state index is 13.2. The molecular weight excluding hydrogens is 329 g/mol. The normalized spacial score (nSPS) is 12.3. The highest BCUT2D eigenvalue weighted by Crippen LogP contribution is 2.28. The van der Waals surface area contributed by atoms with E-state index >= 15 is 0 Å². The number of halogens is 1. The van der Waals surface area contributed by atoms with E-state index in [-0.39, 0.29) is 11.9 Å². The molecule has 6 heteroatoms. The van der Waals surface area contributed by atoms with Gasteiger partial charge in [0.25, 0.3) is 0 Å². The van der Waals surface area contributed by atoms with Crippen LogP contribution >= 0.6 is 0 Å². The molecule has 0 fully saturated rings. The smallest absolute Gasteiger partial charge is 0.137 e. The summed E-state index contributed by atoms with van der Waals surface area (Å²) in [6.45, 7) is 2.04. The number of nitrogens with zero attached hydrogens (tertiary/aromatic N) is 4. The Labute approximate surface area is 150 Å². The van der Waals surface area contributed by atoms with Gasteiger partial charge in [0.1, 0.15) is 18.0 Å². The fourth-order valence-electron chi connectivity index (χ4n) is 2.93. The van der Waals surface area contributed by atoms with Crippen LogP contribution in [-0.2, 0) is 7.05 Å². The first-order valence-corrected chi connectivity index (χ1v) is 8.35. The number of rotatable bonds is 4. The van der Waals surface area contributed by atoms with Crippen molar-refractivity contribution < 1.29 is 4.39 Å². The van der Waals surface area contributed by atoms with Crippen LogP contribution in [0.3, 0.4) is 0 Å². The third-order valence-electron chi connectivity index (χ3n) is 4.33. The van der Waals surface area contributed by atoms with Gasteiger partial charge < -0.3 is 9.88 Å². The van der Waals surface area contributed by atoms with Crippen molar-refractivity contribution >= 4 is 16.7 Å². The Morgan fingerprint density at radius 2 is 1.77 bits per heavy atom. The number of hydrogen-bond donors (Lipinski definition) is 1. The molecule has 2 heterocycles. The van der Waals surface area contributed by atoms with Gasteiger partial charge in [-0.25, -0.2) is 19.3 Å². The van der Waals surface area contributed by atoms with Gasteiger partial charge in [-0.3, -0.25) is 0 Å². The summed E-state index contributed by atoms with van der Waals surface area (Å²) in [5, 5.41) is 4.33. The molecule has 2 aromatic heterocycles. The Morgan fingerprint density at radius 3 is 2.50 bits per heavy atom. The highest BCUT2D eigenvalue weighted by atomic mass is 19.1. The van der Waals surface area contributed by atoms with Crippen molar-refractivity contribution in [1.29, 1.82) is 0 Å². The first-order valence-electron chi connectivity index (χ1n) is 8.35. The predicted octanol–water partition coefficient (Wildman–Crippen LogP) is 4.34. The van der Waals surface area contributed by atoms with Gasteiger partial charge in [0, 0.05) is 18.6 Å². The average molecular weight is 347 g/mol. The fraction of sp³-hybridized carbons (Fsp3) is 0.150. The molecule has 0 aliphatic heterocycles. The van der Waals surface area contributed by atoms with Crippen molar-refractivity contribution in [3.8, 4) is 11.1 Å². The second kappa shape index (κ2) is 6.55. The van der Waals surface area contributed by atoms with Crippen molar-refractivity contribution in [2.45, 2.75) is 13.0 Å². The first kappa shape index (κ1) is 16.2. The molecule has 2 aromatic carbocycles. The molecule has 0 saturated carbocycles. The molecule has 0 radical (unpaired) electrons. The van der Waals surface area contributed by atoms with Crippen molar-refractivity contribution in [2.75, 3.05) is 5.32 Å². The lowest BCUT2D eigenvalue weighted by Gasteiger charge is -2.14. The van der Waals surface area contributed by atoms with E-state index in [1.165, 1.54) is 12.1 Å². The largest absolute Gasteiger partial charge is 0.361 e.